The van der Waals surface area contributed by atoms with Crippen molar-refractivity contribution in [1.29, 1.82) is 0 Å². The predicted octanol–water partition coefficient (Wildman–Crippen LogP) is -3.25. The van der Waals surface area contributed by atoms with Gasteiger partial charge in [-0.25, -0.2) is 0 Å². The fourth-order valence-electron chi connectivity index (χ4n) is 0.174. The Kier molecular flexibility index (Phi) is 5.77. The van der Waals surface area contributed by atoms with Crippen LogP contribution in [0.4, 0.5) is 0 Å². The molecule has 1 amide bonds. The first kappa shape index (κ1) is 12.1. The van der Waals surface area contributed by atoms with Crippen molar-refractivity contribution in [2.24, 2.45) is 5.73 Å². The van der Waals surface area contributed by atoms with Crippen molar-refractivity contribution >= 4 is 5.91 Å². The molecule has 0 saturated heterocycles. The van der Waals surface area contributed by atoms with Gasteiger partial charge in [0.25, 0.3) is 0 Å². The van der Waals surface area contributed by atoms with Crippen molar-refractivity contribution in [1.82, 2.24) is 0 Å². The maximum atomic E-state index is 10.2. The van der Waals surface area contributed by atoms with Crippen LogP contribution in [0.25, 0.3) is 0 Å². The van der Waals surface area contributed by atoms with Gasteiger partial charge in [0.05, 0.1) is 0 Å². The van der Waals surface area contributed by atoms with Gasteiger partial charge in [-0.2, -0.15) is 0 Å². The predicted molar refractivity (Wildman–Crippen MR) is 31.2 cm³/mol. The molecule has 50 valence electrons. The summed E-state index contributed by atoms with van der Waals surface area (Å²) in [5.41, 5.74) is 3.47. The summed E-state index contributed by atoms with van der Waals surface area (Å²) in [6.07, 6.45) is 0.363. The van der Waals surface area contributed by atoms with Crippen LogP contribution in [0.1, 0.15) is 21.7 Å². The van der Waals surface area contributed by atoms with E-state index in [1.165, 1.54) is 6.92 Å². The first-order valence-electron chi connectivity index (χ1n) is 2.53. The Bertz CT molecular complexity index is 108. The number of hydrogen-bond donors (Lipinski definition) is 2. The molecule has 0 spiro atoms. The van der Waals surface area contributed by atoms with E-state index in [-0.39, 0.29) is 31.0 Å². The van der Waals surface area contributed by atoms with Gasteiger partial charge in [0.2, 0.25) is 5.91 Å². The Morgan fingerprint density at radius 3 is 2.22 bits per heavy atom. The van der Waals surface area contributed by atoms with Gasteiger partial charge < -0.3 is 12.3 Å². The summed E-state index contributed by atoms with van der Waals surface area (Å²) in [4.78, 5) is 10.2. The zero-order valence-corrected chi connectivity index (χ0v) is 8.14. The standard InChI is InChI=1S/C5H11NO2.Na.H/c1-3-5(2,8)4(6)7;;/h8H,3H2,1-2H3,(H2,6,7);;/q;+1;-1. The third kappa shape index (κ3) is 3.92. The Labute approximate surface area is 78.4 Å². The van der Waals surface area contributed by atoms with Crippen LogP contribution in [-0.2, 0) is 4.79 Å². The Morgan fingerprint density at radius 2 is 2.22 bits per heavy atom. The molecule has 0 fully saturated rings. The first-order valence-corrected chi connectivity index (χ1v) is 2.53. The maximum Gasteiger partial charge on any atom is 1.00 e. The van der Waals surface area contributed by atoms with E-state index < -0.39 is 11.5 Å². The smallest absolute Gasteiger partial charge is 1.00 e. The zero-order valence-electron chi connectivity index (χ0n) is 7.14. The van der Waals surface area contributed by atoms with Crippen LogP contribution >= 0.6 is 0 Å². The molecule has 0 aliphatic rings. The number of hydrogen-bond acceptors (Lipinski definition) is 2. The Balaban J connectivity index is -0.000000245. The van der Waals surface area contributed by atoms with Crippen molar-refractivity contribution in [2.45, 2.75) is 25.9 Å². The maximum absolute atomic E-state index is 10.2. The number of rotatable bonds is 2. The fraction of sp³-hybridized carbons (Fsp3) is 0.800. The third-order valence-electron chi connectivity index (χ3n) is 1.22. The van der Waals surface area contributed by atoms with Crippen LogP contribution in [0.5, 0.6) is 0 Å². The molecule has 3 nitrogen and oxygen atoms in total. The number of carbonyl (C=O) groups is 1. The molecule has 4 heteroatoms. The summed E-state index contributed by atoms with van der Waals surface area (Å²) < 4.78 is 0. The van der Waals surface area contributed by atoms with Gasteiger partial charge in [-0.05, 0) is 13.3 Å². The van der Waals surface area contributed by atoms with Crippen LogP contribution in [0.15, 0.2) is 0 Å². The summed E-state index contributed by atoms with van der Waals surface area (Å²) in [5.74, 6) is -0.667. The van der Waals surface area contributed by atoms with Gasteiger partial charge in [0.15, 0.2) is 0 Å². The molecule has 0 bridgehead atoms. The van der Waals surface area contributed by atoms with E-state index in [1.807, 2.05) is 0 Å². The average molecular weight is 141 g/mol. The molecular formula is C5H12NNaO2. The molecule has 0 rings (SSSR count). The molecule has 0 aromatic heterocycles. The molecule has 1 unspecified atom stereocenters. The van der Waals surface area contributed by atoms with Gasteiger partial charge in [-0.1, -0.05) is 6.92 Å². The van der Waals surface area contributed by atoms with E-state index in [4.69, 9.17) is 10.8 Å². The van der Waals surface area contributed by atoms with E-state index in [0.717, 1.165) is 0 Å². The van der Waals surface area contributed by atoms with E-state index in [0.29, 0.717) is 6.42 Å². The van der Waals surface area contributed by atoms with Gasteiger partial charge in [0, 0.05) is 0 Å². The van der Waals surface area contributed by atoms with Crippen LogP contribution in [0.3, 0.4) is 0 Å². The molecule has 0 heterocycles. The molecule has 0 aromatic carbocycles. The van der Waals surface area contributed by atoms with E-state index >= 15 is 0 Å². The molecule has 1 atom stereocenters. The molecule has 0 aliphatic heterocycles. The summed E-state index contributed by atoms with van der Waals surface area (Å²) >= 11 is 0. The molecular weight excluding hydrogens is 129 g/mol. The third-order valence-corrected chi connectivity index (χ3v) is 1.22. The molecule has 0 aliphatic carbocycles. The number of carbonyl (C=O) groups excluding carboxylic acids is 1. The van der Waals surface area contributed by atoms with E-state index in [1.54, 1.807) is 6.92 Å². The normalized spacial score (nSPS) is 15.4. The minimum absolute atomic E-state index is 0. The molecule has 9 heavy (non-hydrogen) atoms. The van der Waals surface area contributed by atoms with E-state index in [2.05, 4.69) is 0 Å². The number of primary amides is 1. The average Bonchev–Trinajstić information content (AvgIpc) is 1.67. The quantitative estimate of drug-likeness (QED) is 0.397. The zero-order chi connectivity index (χ0) is 6.78. The van der Waals surface area contributed by atoms with Crippen LogP contribution in [-0.4, -0.2) is 16.6 Å². The fourth-order valence-corrected chi connectivity index (χ4v) is 0.174. The Morgan fingerprint density at radius 1 is 1.89 bits per heavy atom. The van der Waals surface area contributed by atoms with E-state index in [9.17, 15) is 4.79 Å². The van der Waals surface area contributed by atoms with Crippen LogP contribution in [0.2, 0.25) is 0 Å². The Hall–Kier alpha value is 0.430. The van der Waals surface area contributed by atoms with Crippen molar-refractivity contribution in [3.63, 3.8) is 0 Å². The molecule has 0 aromatic rings. The molecule has 3 N–H and O–H groups in total. The van der Waals surface area contributed by atoms with Gasteiger partial charge in [0.1, 0.15) is 5.60 Å². The molecule has 0 radical (unpaired) electrons. The number of nitrogens with two attached hydrogens (primary N) is 1. The number of aliphatic hydroxyl groups is 1. The largest absolute Gasteiger partial charge is 1.00 e. The minimum Gasteiger partial charge on any atom is -1.00 e. The van der Waals surface area contributed by atoms with Crippen molar-refractivity contribution < 1.29 is 40.9 Å². The second-order valence-corrected chi connectivity index (χ2v) is 1.99. The van der Waals surface area contributed by atoms with Crippen molar-refractivity contribution in [3.8, 4) is 0 Å². The van der Waals surface area contributed by atoms with Crippen LogP contribution in [0, 0.1) is 0 Å². The second-order valence-electron chi connectivity index (χ2n) is 1.99. The van der Waals surface area contributed by atoms with Gasteiger partial charge in [-0.3, -0.25) is 4.79 Å². The SMILES string of the molecule is CCC(C)(O)C(N)=O.[H-].[Na+]. The van der Waals surface area contributed by atoms with Gasteiger partial charge in [-0.15, -0.1) is 0 Å². The summed E-state index contributed by atoms with van der Waals surface area (Å²) in [6, 6.07) is 0. The first-order chi connectivity index (χ1) is 3.50. The molecule has 0 saturated carbocycles. The topological polar surface area (TPSA) is 63.3 Å². The van der Waals surface area contributed by atoms with Crippen LogP contribution < -0.4 is 35.3 Å². The second kappa shape index (κ2) is 4.28. The van der Waals surface area contributed by atoms with Crippen molar-refractivity contribution in [2.75, 3.05) is 0 Å². The monoisotopic (exact) mass is 141 g/mol. The van der Waals surface area contributed by atoms with Gasteiger partial charge >= 0.3 is 29.6 Å². The summed E-state index contributed by atoms with van der Waals surface area (Å²) in [6.45, 7) is 3.10. The summed E-state index contributed by atoms with van der Waals surface area (Å²) in [5, 5.41) is 8.93. The number of amides is 1. The van der Waals surface area contributed by atoms with Crippen molar-refractivity contribution in [3.05, 3.63) is 0 Å². The minimum atomic E-state index is -1.32. The summed E-state index contributed by atoms with van der Waals surface area (Å²) in [7, 11) is 0.